The molecule has 3 N–H and O–H groups in total. The average Bonchev–Trinajstić information content (AvgIpc) is 2.03. The van der Waals surface area contributed by atoms with Crippen LogP contribution in [-0.2, 0) is 0 Å². The number of benzene rings is 1. The summed E-state index contributed by atoms with van der Waals surface area (Å²) in [6.45, 7) is 0. The molecule has 6 heteroatoms. The van der Waals surface area contributed by atoms with Crippen LogP contribution in [0.5, 0.6) is 0 Å². The molecule has 0 unspecified atom stereocenters. The molecule has 0 atom stereocenters. The molecule has 0 fully saturated rings. The fourth-order valence-corrected chi connectivity index (χ4v) is 1.09. The third-order valence-corrected chi connectivity index (χ3v) is 1.76. The van der Waals surface area contributed by atoms with E-state index in [-0.39, 0.29) is 30.4 Å². The van der Waals surface area contributed by atoms with Gasteiger partial charge in [-0.05, 0) is 18.2 Å². The molecule has 0 bridgehead atoms. The van der Waals surface area contributed by atoms with E-state index in [1.165, 1.54) is 12.1 Å². The first-order chi connectivity index (χ1) is 6.02. The van der Waals surface area contributed by atoms with Gasteiger partial charge in [-0.25, -0.2) is 4.79 Å². The summed E-state index contributed by atoms with van der Waals surface area (Å²) in [6.07, 6.45) is 0. The van der Waals surface area contributed by atoms with Crippen LogP contribution >= 0.6 is 24.8 Å². The molecule has 0 saturated heterocycles. The molecule has 0 aromatic heterocycles. The summed E-state index contributed by atoms with van der Waals surface area (Å²) in [6, 6.07) is 4.69. The molecular weight excluding hydrogens is 239 g/mol. The average molecular weight is 253 g/mol. The minimum absolute atomic E-state index is 0. The SMILES string of the molecule is CN(C)c1ccc(C(=O)O)cc1N.Cl.Cl. The van der Waals surface area contributed by atoms with Gasteiger partial charge in [0.2, 0.25) is 0 Å². The van der Waals surface area contributed by atoms with Gasteiger partial charge in [-0.1, -0.05) is 0 Å². The first-order valence-corrected chi connectivity index (χ1v) is 3.82. The topological polar surface area (TPSA) is 66.6 Å². The Kier molecular flexibility index (Phi) is 6.93. The van der Waals surface area contributed by atoms with Crippen molar-refractivity contribution in [3.05, 3.63) is 23.8 Å². The first kappa shape index (κ1) is 16.3. The number of hydrogen-bond acceptors (Lipinski definition) is 3. The molecule has 0 amide bonds. The van der Waals surface area contributed by atoms with Gasteiger partial charge in [0, 0.05) is 14.1 Å². The maximum absolute atomic E-state index is 10.6. The number of nitrogen functional groups attached to an aromatic ring is 1. The quantitative estimate of drug-likeness (QED) is 0.789. The van der Waals surface area contributed by atoms with E-state index in [1.807, 2.05) is 19.0 Å². The highest BCUT2D eigenvalue weighted by Crippen LogP contribution is 2.21. The van der Waals surface area contributed by atoms with Crippen LogP contribution in [0.2, 0.25) is 0 Å². The molecular formula is C9H14Cl2N2O2. The van der Waals surface area contributed by atoms with Crippen molar-refractivity contribution in [2.45, 2.75) is 0 Å². The molecule has 0 spiro atoms. The predicted octanol–water partition coefficient (Wildman–Crippen LogP) is 1.88. The summed E-state index contributed by atoms with van der Waals surface area (Å²) in [5, 5.41) is 8.67. The molecule has 0 heterocycles. The predicted molar refractivity (Wildman–Crippen MR) is 66.6 cm³/mol. The van der Waals surface area contributed by atoms with Gasteiger partial charge in [0.25, 0.3) is 0 Å². The van der Waals surface area contributed by atoms with Crippen LogP contribution in [0.25, 0.3) is 0 Å². The molecule has 15 heavy (non-hydrogen) atoms. The highest BCUT2D eigenvalue weighted by atomic mass is 35.5. The fourth-order valence-electron chi connectivity index (χ4n) is 1.09. The Morgan fingerprint density at radius 2 is 1.87 bits per heavy atom. The van der Waals surface area contributed by atoms with Crippen LogP contribution in [0.3, 0.4) is 0 Å². The fraction of sp³-hybridized carbons (Fsp3) is 0.222. The Bertz CT molecular complexity index is 343. The smallest absolute Gasteiger partial charge is 0.335 e. The standard InChI is InChI=1S/C9H12N2O2.2ClH/c1-11(2)8-4-3-6(9(12)13)5-7(8)10;;/h3-5H,10H2,1-2H3,(H,12,13);2*1H. The number of carboxylic acid groups (broad SMARTS) is 1. The number of halogens is 2. The van der Waals surface area contributed by atoms with Crippen molar-refractivity contribution in [3.63, 3.8) is 0 Å². The van der Waals surface area contributed by atoms with Crippen molar-refractivity contribution in [2.75, 3.05) is 24.7 Å². The van der Waals surface area contributed by atoms with E-state index in [0.29, 0.717) is 5.69 Å². The lowest BCUT2D eigenvalue weighted by Gasteiger charge is -2.15. The van der Waals surface area contributed by atoms with Crippen molar-refractivity contribution >= 4 is 42.2 Å². The zero-order chi connectivity index (χ0) is 10.0. The maximum Gasteiger partial charge on any atom is 0.335 e. The van der Waals surface area contributed by atoms with Crippen molar-refractivity contribution in [2.24, 2.45) is 0 Å². The second kappa shape index (κ2) is 6.37. The molecule has 0 aliphatic carbocycles. The van der Waals surface area contributed by atoms with Gasteiger partial charge in [0.15, 0.2) is 0 Å². The number of hydrogen-bond donors (Lipinski definition) is 2. The normalized spacial score (nSPS) is 8.40. The lowest BCUT2D eigenvalue weighted by Crippen LogP contribution is -2.11. The number of rotatable bonds is 2. The van der Waals surface area contributed by atoms with Gasteiger partial charge in [0.1, 0.15) is 0 Å². The zero-order valence-electron chi connectivity index (χ0n) is 8.43. The number of aromatic carboxylic acids is 1. The van der Waals surface area contributed by atoms with E-state index in [0.717, 1.165) is 5.69 Å². The van der Waals surface area contributed by atoms with E-state index >= 15 is 0 Å². The third kappa shape index (κ3) is 3.85. The van der Waals surface area contributed by atoms with E-state index < -0.39 is 5.97 Å². The summed E-state index contributed by atoms with van der Waals surface area (Å²) >= 11 is 0. The van der Waals surface area contributed by atoms with E-state index in [2.05, 4.69) is 0 Å². The van der Waals surface area contributed by atoms with Gasteiger partial charge in [0.05, 0.1) is 16.9 Å². The Morgan fingerprint density at radius 1 is 1.33 bits per heavy atom. The second-order valence-corrected chi connectivity index (χ2v) is 2.97. The Balaban J connectivity index is 0. The van der Waals surface area contributed by atoms with Crippen LogP contribution in [0, 0.1) is 0 Å². The van der Waals surface area contributed by atoms with Crippen LogP contribution in [0.15, 0.2) is 18.2 Å². The van der Waals surface area contributed by atoms with Gasteiger partial charge in [-0.15, -0.1) is 24.8 Å². The maximum atomic E-state index is 10.6. The van der Waals surface area contributed by atoms with Gasteiger partial charge in [-0.3, -0.25) is 0 Å². The summed E-state index contributed by atoms with van der Waals surface area (Å²) in [7, 11) is 3.71. The monoisotopic (exact) mass is 252 g/mol. The number of carboxylic acids is 1. The van der Waals surface area contributed by atoms with Crippen molar-refractivity contribution in [1.82, 2.24) is 0 Å². The number of nitrogens with two attached hydrogens (primary N) is 1. The summed E-state index contributed by atoms with van der Waals surface area (Å²) < 4.78 is 0. The lowest BCUT2D eigenvalue weighted by molar-refractivity contribution is 0.0697. The van der Waals surface area contributed by atoms with Crippen molar-refractivity contribution < 1.29 is 9.90 Å². The molecule has 0 radical (unpaired) electrons. The van der Waals surface area contributed by atoms with E-state index in [9.17, 15) is 4.79 Å². The summed E-state index contributed by atoms with van der Waals surface area (Å²) in [5.74, 6) is -0.961. The van der Waals surface area contributed by atoms with Crippen molar-refractivity contribution in [3.8, 4) is 0 Å². The molecule has 1 aromatic carbocycles. The van der Waals surface area contributed by atoms with Crippen LogP contribution in [-0.4, -0.2) is 25.2 Å². The highest BCUT2D eigenvalue weighted by molar-refractivity contribution is 5.90. The number of anilines is 2. The second-order valence-electron chi connectivity index (χ2n) is 2.97. The molecule has 4 nitrogen and oxygen atoms in total. The molecule has 0 aliphatic heterocycles. The lowest BCUT2D eigenvalue weighted by atomic mass is 10.1. The molecule has 1 aromatic rings. The third-order valence-electron chi connectivity index (χ3n) is 1.76. The molecule has 1 rings (SSSR count). The molecule has 86 valence electrons. The van der Waals surface area contributed by atoms with Crippen LogP contribution in [0.1, 0.15) is 10.4 Å². The van der Waals surface area contributed by atoms with E-state index in [1.54, 1.807) is 6.07 Å². The number of nitrogens with zero attached hydrogens (tertiary/aromatic N) is 1. The first-order valence-electron chi connectivity index (χ1n) is 3.82. The summed E-state index contributed by atoms with van der Waals surface area (Å²) in [4.78, 5) is 12.4. The summed E-state index contributed by atoms with van der Waals surface area (Å²) in [5.41, 5.74) is 7.17. The molecule has 0 aliphatic rings. The highest BCUT2D eigenvalue weighted by Gasteiger charge is 2.06. The Morgan fingerprint density at radius 3 is 2.20 bits per heavy atom. The number of carbonyl (C=O) groups is 1. The minimum atomic E-state index is -0.961. The van der Waals surface area contributed by atoms with Crippen LogP contribution < -0.4 is 10.6 Å². The largest absolute Gasteiger partial charge is 0.478 e. The Labute approximate surface area is 101 Å². The Hall–Kier alpha value is -1.13. The van der Waals surface area contributed by atoms with E-state index in [4.69, 9.17) is 10.8 Å². The van der Waals surface area contributed by atoms with Crippen molar-refractivity contribution in [1.29, 1.82) is 0 Å². The van der Waals surface area contributed by atoms with Gasteiger partial charge < -0.3 is 15.7 Å². The minimum Gasteiger partial charge on any atom is -0.478 e. The molecule has 0 saturated carbocycles. The van der Waals surface area contributed by atoms with Crippen LogP contribution in [0.4, 0.5) is 11.4 Å². The van der Waals surface area contributed by atoms with Gasteiger partial charge >= 0.3 is 5.97 Å². The van der Waals surface area contributed by atoms with Gasteiger partial charge in [-0.2, -0.15) is 0 Å². The zero-order valence-corrected chi connectivity index (χ0v) is 10.1.